The summed E-state index contributed by atoms with van der Waals surface area (Å²) in [5.41, 5.74) is 4.58. The second kappa shape index (κ2) is 2.87. The molecule has 0 aromatic heterocycles. The average Bonchev–Trinajstić information content (AvgIpc) is 2.17. The maximum Gasteiger partial charge on any atom is -0.0134 e. The van der Waals surface area contributed by atoms with Gasteiger partial charge in [0, 0.05) is 0 Å². The third kappa shape index (κ3) is 1.43. The Morgan fingerprint density at radius 1 is 1.00 bits per heavy atom. The highest BCUT2D eigenvalue weighted by Gasteiger charge is 2.44. The molecule has 0 nitrogen and oxygen atoms in total. The van der Waals surface area contributed by atoms with Gasteiger partial charge in [0.2, 0.25) is 0 Å². The van der Waals surface area contributed by atoms with E-state index in [0.29, 0.717) is 10.8 Å². The molecule has 0 heterocycles. The molecule has 0 spiro atoms. The van der Waals surface area contributed by atoms with Crippen molar-refractivity contribution in [2.75, 3.05) is 0 Å². The van der Waals surface area contributed by atoms with Crippen molar-refractivity contribution >= 4 is 0 Å². The highest BCUT2D eigenvalue weighted by molar-refractivity contribution is 5.34. The first-order valence-corrected chi connectivity index (χ1v) is 6.06. The van der Waals surface area contributed by atoms with Crippen LogP contribution >= 0.6 is 0 Å². The molecule has 1 unspecified atom stereocenters. The zero-order valence-corrected chi connectivity index (χ0v) is 10.4. The maximum atomic E-state index is 2.44. The quantitative estimate of drug-likeness (QED) is 0.494. The Hall–Kier alpha value is -0.260. The maximum absolute atomic E-state index is 2.44. The molecular formula is C14H24. The molecule has 0 aliphatic heterocycles. The Balaban J connectivity index is 2.40. The lowest BCUT2D eigenvalue weighted by atomic mass is 9.77. The van der Waals surface area contributed by atoms with Gasteiger partial charge in [-0.3, -0.25) is 0 Å². The summed E-state index contributed by atoms with van der Waals surface area (Å²) in [4.78, 5) is 0. The van der Waals surface area contributed by atoms with Gasteiger partial charge >= 0.3 is 0 Å². The van der Waals surface area contributed by atoms with Crippen molar-refractivity contribution in [2.24, 2.45) is 16.7 Å². The van der Waals surface area contributed by atoms with E-state index in [1.807, 2.05) is 0 Å². The van der Waals surface area contributed by atoms with Gasteiger partial charge in [0.1, 0.15) is 0 Å². The van der Waals surface area contributed by atoms with Gasteiger partial charge in [-0.2, -0.15) is 0 Å². The monoisotopic (exact) mass is 192 g/mol. The minimum absolute atomic E-state index is 0.480. The van der Waals surface area contributed by atoms with Gasteiger partial charge in [-0.25, -0.2) is 0 Å². The van der Waals surface area contributed by atoms with Crippen LogP contribution in [0, 0.1) is 16.7 Å². The second-order valence-corrected chi connectivity index (χ2v) is 6.75. The van der Waals surface area contributed by atoms with Gasteiger partial charge in [0.25, 0.3) is 0 Å². The van der Waals surface area contributed by atoms with Crippen molar-refractivity contribution in [2.45, 2.75) is 60.3 Å². The number of hydrogen-bond acceptors (Lipinski definition) is 0. The Kier molecular flexibility index (Phi) is 2.10. The van der Waals surface area contributed by atoms with E-state index in [9.17, 15) is 0 Å². The summed E-state index contributed by atoms with van der Waals surface area (Å²) < 4.78 is 0. The van der Waals surface area contributed by atoms with E-state index >= 15 is 0 Å². The van der Waals surface area contributed by atoms with Crippen LogP contribution in [0.5, 0.6) is 0 Å². The molecule has 0 amide bonds. The van der Waals surface area contributed by atoms with Crippen LogP contribution in [-0.2, 0) is 0 Å². The predicted octanol–water partition coefficient (Wildman–Crippen LogP) is 4.56. The van der Waals surface area contributed by atoms with Crippen LogP contribution in [0.25, 0.3) is 0 Å². The summed E-state index contributed by atoms with van der Waals surface area (Å²) in [6, 6.07) is 0. The summed E-state index contributed by atoms with van der Waals surface area (Å²) in [5, 5.41) is 0. The van der Waals surface area contributed by atoms with Gasteiger partial charge in [-0.1, -0.05) is 45.8 Å². The molecule has 2 rings (SSSR count). The molecule has 0 heteroatoms. The lowest BCUT2D eigenvalue weighted by Crippen LogP contribution is -2.15. The van der Waals surface area contributed by atoms with Gasteiger partial charge in [-0.05, 0) is 42.4 Å². The lowest BCUT2D eigenvalue weighted by molar-refractivity contribution is 0.312. The average molecular weight is 192 g/mol. The summed E-state index contributed by atoms with van der Waals surface area (Å²) in [7, 11) is 0. The van der Waals surface area contributed by atoms with E-state index in [1.54, 1.807) is 11.1 Å². The third-order valence-corrected chi connectivity index (χ3v) is 4.32. The summed E-state index contributed by atoms with van der Waals surface area (Å²) in [6.07, 6.45) is 5.51. The third-order valence-electron chi connectivity index (χ3n) is 4.32. The zero-order chi connectivity index (χ0) is 10.6. The summed E-state index contributed by atoms with van der Waals surface area (Å²) >= 11 is 0. The molecule has 2 aliphatic carbocycles. The molecule has 0 N–H and O–H groups in total. The first-order chi connectivity index (χ1) is 6.33. The van der Waals surface area contributed by atoms with Crippen LogP contribution in [0.15, 0.2) is 11.1 Å². The molecule has 0 radical (unpaired) electrons. The second-order valence-electron chi connectivity index (χ2n) is 6.75. The molecule has 0 aromatic rings. The SMILES string of the molecule is CC1CCC2=C(C1)C(C)(C)CC2(C)C. The minimum atomic E-state index is 0.480. The smallest absolute Gasteiger partial charge is 0.0134 e. The van der Waals surface area contributed by atoms with E-state index < -0.39 is 0 Å². The van der Waals surface area contributed by atoms with E-state index in [4.69, 9.17) is 0 Å². The molecule has 2 aliphatic rings. The van der Waals surface area contributed by atoms with E-state index in [-0.39, 0.29) is 0 Å². The van der Waals surface area contributed by atoms with Crippen LogP contribution in [0.3, 0.4) is 0 Å². The normalized spacial score (nSPS) is 34.5. The first-order valence-electron chi connectivity index (χ1n) is 6.06. The van der Waals surface area contributed by atoms with Crippen molar-refractivity contribution in [3.05, 3.63) is 11.1 Å². The fraction of sp³-hybridized carbons (Fsp3) is 0.857. The number of hydrogen-bond donors (Lipinski definition) is 0. The van der Waals surface area contributed by atoms with Crippen molar-refractivity contribution < 1.29 is 0 Å². The van der Waals surface area contributed by atoms with Crippen molar-refractivity contribution in [1.82, 2.24) is 0 Å². The predicted molar refractivity (Wildman–Crippen MR) is 62.2 cm³/mol. The van der Waals surface area contributed by atoms with Gasteiger partial charge in [-0.15, -0.1) is 0 Å². The Bertz CT molecular complexity index is 278. The Labute approximate surface area is 88.8 Å². The molecule has 0 fully saturated rings. The Morgan fingerprint density at radius 2 is 1.57 bits per heavy atom. The summed E-state index contributed by atoms with van der Waals surface area (Å²) in [5.74, 6) is 0.918. The minimum Gasteiger partial charge on any atom is -0.0648 e. The first kappa shape index (κ1) is 10.3. The molecule has 0 bridgehead atoms. The van der Waals surface area contributed by atoms with E-state index in [0.717, 1.165) is 5.92 Å². The topological polar surface area (TPSA) is 0 Å². The molecule has 0 aromatic carbocycles. The van der Waals surface area contributed by atoms with E-state index in [1.165, 1.54) is 25.7 Å². The molecule has 14 heavy (non-hydrogen) atoms. The zero-order valence-electron chi connectivity index (χ0n) is 10.4. The van der Waals surface area contributed by atoms with Crippen LogP contribution in [-0.4, -0.2) is 0 Å². The van der Waals surface area contributed by atoms with Gasteiger partial charge < -0.3 is 0 Å². The highest BCUT2D eigenvalue weighted by Crippen LogP contribution is 2.57. The fourth-order valence-electron chi connectivity index (χ4n) is 3.87. The van der Waals surface area contributed by atoms with Crippen LogP contribution in [0.2, 0.25) is 0 Å². The highest BCUT2D eigenvalue weighted by atomic mass is 14.5. The van der Waals surface area contributed by atoms with Crippen LogP contribution in [0.1, 0.15) is 60.3 Å². The number of allylic oxidation sites excluding steroid dienone is 2. The van der Waals surface area contributed by atoms with Crippen LogP contribution in [0.4, 0.5) is 0 Å². The van der Waals surface area contributed by atoms with Crippen LogP contribution < -0.4 is 0 Å². The van der Waals surface area contributed by atoms with Crippen molar-refractivity contribution in [3.8, 4) is 0 Å². The standard InChI is InChI=1S/C14H24/c1-10-6-7-11-12(8-10)14(4,5)9-13(11,2)3/h10H,6-9H2,1-5H3. The van der Waals surface area contributed by atoms with Crippen molar-refractivity contribution in [1.29, 1.82) is 0 Å². The molecule has 80 valence electrons. The molecule has 0 saturated carbocycles. The van der Waals surface area contributed by atoms with Crippen molar-refractivity contribution in [3.63, 3.8) is 0 Å². The largest absolute Gasteiger partial charge is 0.0648 e. The van der Waals surface area contributed by atoms with Gasteiger partial charge in [0.05, 0.1) is 0 Å². The fourth-order valence-corrected chi connectivity index (χ4v) is 3.87. The molecular weight excluding hydrogens is 168 g/mol. The number of rotatable bonds is 0. The van der Waals surface area contributed by atoms with Gasteiger partial charge in [0.15, 0.2) is 0 Å². The van der Waals surface area contributed by atoms with E-state index in [2.05, 4.69) is 34.6 Å². The lowest BCUT2D eigenvalue weighted by Gasteiger charge is -2.29. The summed E-state index contributed by atoms with van der Waals surface area (Å²) in [6.45, 7) is 12.2. The molecule has 1 atom stereocenters. The Morgan fingerprint density at radius 3 is 2.21 bits per heavy atom. The molecule has 0 saturated heterocycles.